The van der Waals surface area contributed by atoms with Crippen molar-refractivity contribution in [1.29, 1.82) is 0 Å². The number of hydrogen-bond acceptors (Lipinski definition) is 4. The lowest BCUT2D eigenvalue weighted by Gasteiger charge is -2.09. The summed E-state index contributed by atoms with van der Waals surface area (Å²) in [6.07, 6.45) is 0. The fourth-order valence-electron chi connectivity index (χ4n) is 1.41. The molecule has 1 heterocycles. The highest BCUT2D eigenvalue weighted by atomic mass is 79.9. The van der Waals surface area contributed by atoms with Gasteiger partial charge in [0.15, 0.2) is 5.82 Å². The third-order valence-electron chi connectivity index (χ3n) is 2.27. The first-order valence-electron chi connectivity index (χ1n) is 5.15. The second-order valence-electron chi connectivity index (χ2n) is 3.63. The topological polar surface area (TPSA) is 94.0 Å². The summed E-state index contributed by atoms with van der Waals surface area (Å²) < 4.78 is 0.928. The Balaban J connectivity index is 2.33. The molecule has 1 amide bonds. The Hall–Kier alpha value is -2.08. The predicted octanol–water partition coefficient (Wildman–Crippen LogP) is 2.27. The Bertz CT molecular complexity index is 600. The number of halogens is 1. The van der Waals surface area contributed by atoms with E-state index >= 15 is 0 Å². The number of aromatic nitrogens is 1. The Morgan fingerprint density at radius 1 is 1.28 bits per heavy atom. The molecule has 0 spiro atoms. The molecule has 5 N–H and O–H groups in total. The summed E-state index contributed by atoms with van der Waals surface area (Å²) in [6.45, 7) is 0. The minimum Gasteiger partial charge on any atom is -0.396 e. The zero-order valence-corrected chi connectivity index (χ0v) is 10.9. The maximum atomic E-state index is 11.1. The lowest BCUT2D eigenvalue weighted by Crippen LogP contribution is -2.14. The van der Waals surface area contributed by atoms with Gasteiger partial charge in [-0.15, -0.1) is 0 Å². The highest BCUT2D eigenvalue weighted by Crippen LogP contribution is 2.23. The van der Waals surface area contributed by atoms with Gasteiger partial charge in [0, 0.05) is 10.2 Å². The molecule has 0 aliphatic heterocycles. The van der Waals surface area contributed by atoms with E-state index in [2.05, 4.69) is 26.2 Å². The molecule has 0 aliphatic carbocycles. The fourth-order valence-corrected chi connectivity index (χ4v) is 1.81. The van der Waals surface area contributed by atoms with Gasteiger partial charge in [-0.25, -0.2) is 4.98 Å². The van der Waals surface area contributed by atoms with Crippen LogP contribution >= 0.6 is 15.9 Å². The third-order valence-corrected chi connectivity index (χ3v) is 2.76. The van der Waals surface area contributed by atoms with Crippen LogP contribution in [0.2, 0.25) is 0 Å². The smallest absolute Gasteiger partial charge is 0.267 e. The molecule has 0 aliphatic rings. The van der Waals surface area contributed by atoms with E-state index in [-0.39, 0.29) is 5.69 Å². The molecule has 18 heavy (non-hydrogen) atoms. The Morgan fingerprint density at radius 3 is 2.72 bits per heavy atom. The van der Waals surface area contributed by atoms with Crippen LogP contribution in [0.25, 0.3) is 0 Å². The SMILES string of the molecule is NC(=O)c1ccc(N)c(Nc2cccc(Br)c2)n1. The molecule has 1 aromatic carbocycles. The number of anilines is 3. The summed E-state index contributed by atoms with van der Waals surface area (Å²) in [5.41, 5.74) is 12.4. The van der Waals surface area contributed by atoms with Crippen LogP contribution in [-0.2, 0) is 0 Å². The number of pyridine rings is 1. The Kier molecular flexibility index (Phi) is 3.47. The van der Waals surface area contributed by atoms with Gasteiger partial charge in [0.05, 0.1) is 5.69 Å². The van der Waals surface area contributed by atoms with Crippen LogP contribution in [0.4, 0.5) is 17.2 Å². The normalized spacial score (nSPS) is 10.1. The standard InChI is InChI=1S/C12H11BrN4O/c13-7-2-1-3-8(6-7)16-12-9(14)4-5-10(17-12)11(15)18/h1-6H,14H2,(H2,15,18)(H,16,17). The summed E-state index contributed by atoms with van der Waals surface area (Å²) in [6, 6.07) is 10.6. The van der Waals surface area contributed by atoms with Gasteiger partial charge in [-0.2, -0.15) is 0 Å². The van der Waals surface area contributed by atoms with E-state index in [0.717, 1.165) is 10.2 Å². The zero-order valence-electron chi connectivity index (χ0n) is 9.35. The highest BCUT2D eigenvalue weighted by Gasteiger charge is 2.07. The van der Waals surface area contributed by atoms with Gasteiger partial charge in [0.25, 0.3) is 5.91 Å². The number of amides is 1. The number of nitrogen functional groups attached to an aromatic ring is 1. The van der Waals surface area contributed by atoms with Crippen molar-refractivity contribution in [2.24, 2.45) is 5.73 Å². The second kappa shape index (κ2) is 5.05. The molecule has 0 atom stereocenters. The molecule has 0 saturated carbocycles. The van der Waals surface area contributed by atoms with Gasteiger partial charge in [-0.05, 0) is 30.3 Å². The van der Waals surface area contributed by atoms with Crippen molar-refractivity contribution in [3.8, 4) is 0 Å². The molecule has 0 saturated heterocycles. The van der Waals surface area contributed by atoms with Crippen molar-refractivity contribution in [3.05, 3.63) is 46.6 Å². The van der Waals surface area contributed by atoms with Crippen LogP contribution in [0.3, 0.4) is 0 Å². The number of benzene rings is 1. The summed E-state index contributed by atoms with van der Waals surface area (Å²) >= 11 is 3.37. The zero-order chi connectivity index (χ0) is 13.1. The maximum absolute atomic E-state index is 11.1. The van der Waals surface area contributed by atoms with Gasteiger partial charge in [0.2, 0.25) is 0 Å². The maximum Gasteiger partial charge on any atom is 0.267 e. The van der Waals surface area contributed by atoms with Gasteiger partial charge in [-0.3, -0.25) is 4.79 Å². The lowest BCUT2D eigenvalue weighted by molar-refractivity contribution is 0.0996. The molecular weight excluding hydrogens is 296 g/mol. The highest BCUT2D eigenvalue weighted by molar-refractivity contribution is 9.10. The molecule has 0 bridgehead atoms. The quantitative estimate of drug-likeness (QED) is 0.810. The van der Waals surface area contributed by atoms with Crippen molar-refractivity contribution in [2.75, 3.05) is 11.1 Å². The number of primary amides is 1. The second-order valence-corrected chi connectivity index (χ2v) is 4.55. The first kappa shape index (κ1) is 12.4. The van der Waals surface area contributed by atoms with Crippen molar-refractivity contribution >= 4 is 39.0 Å². The molecule has 0 radical (unpaired) electrons. The van der Waals surface area contributed by atoms with Crippen LogP contribution in [-0.4, -0.2) is 10.9 Å². The van der Waals surface area contributed by atoms with E-state index in [9.17, 15) is 4.79 Å². The monoisotopic (exact) mass is 306 g/mol. The number of nitrogens with zero attached hydrogens (tertiary/aromatic N) is 1. The number of rotatable bonds is 3. The van der Waals surface area contributed by atoms with Gasteiger partial charge in [-0.1, -0.05) is 22.0 Å². The van der Waals surface area contributed by atoms with E-state index in [1.54, 1.807) is 6.07 Å². The minimum absolute atomic E-state index is 0.168. The van der Waals surface area contributed by atoms with Crippen LogP contribution in [0.5, 0.6) is 0 Å². The molecule has 0 unspecified atom stereocenters. The number of carbonyl (C=O) groups excluding carboxylic acids is 1. The molecule has 2 rings (SSSR count). The summed E-state index contributed by atoms with van der Waals surface area (Å²) in [4.78, 5) is 15.1. The van der Waals surface area contributed by atoms with Crippen molar-refractivity contribution < 1.29 is 4.79 Å². The van der Waals surface area contributed by atoms with Crippen LogP contribution in [0.1, 0.15) is 10.5 Å². The van der Waals surface area contributed by atoms with E-state index in [0.29, 0.717) is 11.5 Å². The molecular formula is C12H11BrN4O. The molecule has 92 valence electrons. The first-order chi connectivity index (χ1) is 8.56. The molecule has 0 fully saturated rings. The van der Waals surface area contributed by atoms with E-state index < -0.39 is 5.91 Å². The largest absolute Gasteiger partial charge is 0.396 e. The predicted molar refractivity (Wildman–Crippen MR) is 74.6 cm³/mol. The Morgan fingerprint density at radius 2 is 2.06 bits per heavy atom. The summed E-state index contributed by atoms with van der Waals surface area (Å²) in [7, 11) is 0. The first-order valence-corrected chi connectivity index (χ1v) is 5.94. The van der Waals surface area contributed by atoms with E-state index in [4.69, 9.17) is 11.5 Å². The van der Waals surface area contributed by atoms with Crippen LogP contribution < -0.4 is 16.8 Å². The van der Waals surface area contributed by atoms with Gasteiger partial charge < -0.3 is 16.8 Å². The average Bonchev–Trinajstić information content (AvgIpc) is 2.31. The molecule has 6 heteroatoms. The molecule has 1 aromatic heterocycles. The van der Waals surface area contributed by atoms with Crippen molar-refractivity contribution in [3.63, 3.8) is 0 Å². The lowest BCUT2D eigenvalue weighted by atomic mass is 10.3. The van der Waals surface area contributed by atoms with Gasteiger partial charge in [0.1, 0.15) is 5.69 Å². The van der Waals surface area contributed by atoms with Crippen molar-refractivity contribution in [2.45, 2.75) is 0 Å². The number of nitrogens with one attached hydrogen (secondary N) is 1. The minimum atomic E-state index is -0.590. The van der Waals surface area contributed by atoms with Gasteiger partial charge >= 0.3 is 0 Å². The third kappa shape index (κ3) is 2.78. The summed E-state index contributed by atoms with van der Waals surface area (Å²) in [5, 5.41) is 3.03. The average molecular weight is 307 g/mol. The van der Waals surface area contributed by atoms with Crippen molar-refractivity contribution in [1.82, 2.24) is 4.98 Å². The Labute approximate surface area is 112 Å². The number of nitrogens with two attached hydrogens (primary N) is 2. The van der Waals surface area contributed by atoms with Crippen LogP contribution in [0, 0.1) is 0 Å². The number of hydrogen-bond donors (Lipinski definition) is 3. The molecule has 2 aromatic rings. The van der Waals surface area contributed by atoms with E-state index in [1.807, 2.05) is 24.3 Å². The number of carbonyl (C=O) groups is 1. The summed E-state index contributed by atoms with van der Waals surface area (Å²) in [5.74, 6) is -0.184. The van der Waals surface area contributed by atoms with Crippen LogP contribution in [0.15, 0.2) is 40.9 Å². The molecule has 5 nitrogen and oxygen atoms in total. The fraction of sp³-hybridized carbons (Fsp3) is 0. The van der Waals surface area contributed by atoms with E-state index in [1.165, 1.54) is 6.07 Å².